The molecule has 0 saturated carbocycles. The van der Waals surface area contributed by atoms with Gasteiger partial charge in [0.05, 0.1) is 0 Å². The van der Waals surface area contributed by atoms with Crippen LogP contribution in [0.3, 0.4) is 0 Å². The second-order valence-corrected chi connectivity index (χ2v) is 4.12. The van der Waals surface area contributed by atoms with Gasteiger partial charge in [0, 0.05) is 4.90 Å². The first kappa shape index (κ1) is 8.77. The number of aromatic amines is 1. The van der Waals surface area contributed by atoms with E-state index in [0.29, 0.717) is 4.73 Å². The topological polar surface area (TPSA) is 41.6 Å². The highest BCUT2D eigenvalue weighted by Crippen LogP contribution is 2.24. The van der Waals surface area contributed by atoms with Crippen LogP contribution in [0.4, 0.5) is 0 Å². The molecule has 0 unspecified atom stereocenters. The summed E-state index contributed by atoms with van der Waals surface area (Å²) in [6.45, 7) is 0. The molecule has 3 nitrogen and oxygen atoms in total. The third kappa shape index (κ3) is 2.32. The van der Waals surface area contributed by atoms with Gasteiger partial charge in [-0.3, -0.25) is 5.10 Å². The lowest BCUT2D eigenvalue weighted by Crippen LogP contribution is -1.74. The average molecular weight is 256 g/mol. The number of aromatic nitrogens is 3. The Morgan fingerprint density at radius 3 is 2.62 bits per heavy atom. The summed E-state index contributed by atoms with van der Waals surface area (Å²) in [5.74, 6) is 0. The SMILES string of the molecule is Brc1nc(Sc2ccccc2)n[nH]1. The molecule has 1 heterocycles. The van der Waals surface area contributed by atoms with Gasteiger partial charge < -0.3 is 0 Å². The van der Waals surface area contributed by atoms with Crippen LogP contribution in [0.1, 0.15) is 0 Å². The van der Waals surface area contributed by atoms with Crippen LogP contribution < -0.4 is 0 Å². The van der Waals surface area contributed by atoms with Gasteiger partial charge in [0.15, 0.2) is 4.73 Å². The van der Waals surface area contributed by atoms with Crippen molar-refractivity contribution >= 4 is 27.7 Å². The van der Waals surface area contributed by atoms with Crippen molar-refractivity contribution in [2.45, 2.75) is 10.1 Å². The lowest BCUT2D eigenvalue weighted by molar-refractivity contribution is 0.972. The van der Waals surface area contributed by atoms with Gasteiger partial charge in [0.25, 0.3) is 0 Å². The molecule has 0 aliphatic rings. The van der Waals surface area contributed by atoms with Crippen molar-refractivity contribution in [2.24, 2.45) is 0 Å². The molecular formula is C8H6BrN3S. The van der Waals surface area contributed by atoms with Gasteiger partial charge in [-0.15, -0.1) is 5.10 Å². The van der Waals surface area contributed by atoms with Crippen LogP contribution in [0.5, 0.6) is 0 Å². The van der Waals surface area contributed by atoms with E-state index >= 15 is 0 Å². The molecule has 0 fully saturated rings. The smallest absolute Gasteiger partial charge is 0.214 e. The standard InChI is InChI=1S/C8H6BrN3S/c9-7-10-8(12-11-7)13-6-4-2-1-3-5-6/h1-5H,(H,10,11,12). The number of nitrogens with one attached hydrogen (secondary N) is 1. The normalized spacial score (nSPS) is 10.2. The Morgan fingerprint density at radius 1 is 1.23 bits per heavy atom. The fourth-order valence-electron chi connectivity index (χ4n) is 0.868. The summed E-state index contributed by atoms with van der Waals surface area (Å²) in [5.41, 5.74) is 0. The number of rotatable bonds is 2. The first-order valence-corrected chi connectivity index (χ1v) is 5.26. The van der Waals surface area contributed by atoms with E-state index in [4.69, 9.17) is 0 Å². The van der Waals surface area contributed by atoms with Gasteiger partial charge in [-0.05, 0) is 39.8 Å². The zero-order valence-electron chi connectivity index (χ0n) is 6.57. The minimum absolute atomic E-state index is 0.658. The van der Waals surface area contributed by atoms with E-state index in [1.54, 1.807) is 0 Å². The molecule has 0 atom stereocenters. The highest BCUT2D eigenvalue weighted by atomic mass is 79.9. The Labute approximate surface area is 88.1 Å². The van der Waals surface area contributed by atoms with Crippen molar-refractivity contribution in [2.75, 3.05) is 0 Å². The van der Waals surface area contributed by atoms with Crippen molar-refractivity contribution in [3.8, 4) is 0 Å². The van der Waals surface area contributed by atoms with Crippen molar-refractivity contribution < 1.29 is 0 Å². The van der Waals surface area contributed by atoms with E-state index in [-0.39, 0.29) is 0 Å². The molecule has 2 rings (SSSR count). The van der Waals surface area contributed by atoms with Gasteiger partial charge in [-0.25, -0.2) is 0 Å². The van der Waals surface area contributed by atoms with Gasteiger partial charge >= 0.3 is 0 Å². The van der Waals surface area contributed by atoms with E-state index in [2.05, 4.69) is 31.1 Å². The zero-order valence-corrected chi connectivity index (χ0v) is 8.97. The highest BCUT2D eigenvalue weighted by Gasteiger charge is 2.01. The zero-order chi connectivity index (χ0) is 9.10. The minimum Gasteiger partial charge on any atom is -0.253 e. The average Bonchev–Trinajstić information content (AvgIpc) is 2.53. The van der Waals surface area contributed by atoms with Crippen LogP contribution >= 0.6 is 27.7 Å². The van der Waals surface area contributed by atoms with E-state index in [1.807, 2.05) is 30.3 Å². The van der Waals surface area contributed by atoms with Crippen LogP contribution in [-0.4, -0.2) is 15.2 Å². The predicted molar refractivity (Wildman–Crippen MR) is 54.6 cm³/mol. The molecule has 1 aromatic heterocycles. The molecule has 1 aromatic carbocycles. The van der Waals surface area contributed by atoms with Gasteiger partial charge in [-0.2, -0.15) is 4.98 Å². The van der Waals surface area contributed by atoms with E-state index in [9.17, 15) is 0 Å². The fourth-order valence-corrected chi connectivity index (χ4v) is 1.97. The van der Waals surface area contributed by atoms with Gasteiger partial charge in [0.2, 0.25) is 5.16 Å². The van der Waals surface area contributed by atoms with Crippen molar-refractivity contribution in [3.63, 3.8) is 0 Å². The Kier molecular flexibility index (Phi) is 2.65. The number of H-pyrrole nitrogens is 1. The first-order valence-electron chi connectivity index (χ1n) is 3.65. The number of halogens is 1. The molecule has 0 saturated heterocycles. The summed E-state index contributed by atoms with van der Waals surface area (Å²) >= 11 is 4.73. The summed E-state index contributed by atoms with van der Waals surface area (Å²) < 4.78 is 0.658. The maximum absolute atomic E-state index is 4.12. The second-order valence-electron chi connectivity index (χ2n) is 2.32. The lowest BCUT2D eigenvalue weighted by atomic mass is 10.4. The summed E-state index contributed by atoms with van der Waals surface area (Å²) in [4.78, 5) is 5.25. The molecule has 0 aliphatic heterocycles. The molecule has 0 radical (unpaired) electrons. The van der Waals surface area contributed by atoms with Gasteiger partial charge in [0.1, 0.15) is 0 Å². The quantitative estimate of drug-likeness (QED) is 0.898. The molecule has 2 aromatic rings. The minimum atomic E-state index is 0.658. The Morgan fingerprint density at radius 2 is 2.00 bits per heavy atom. The van der Waals surface area contributed by atoms with Crippen molar-refractivity contribution in [1.29, 1.82) is 0 Å². The molecule has 0 aliphatic carbocycles. The molecular weight excluding hydrogens is 250 g/mol. The number of hydrogen-bond acceptors (Lipinski definition) is 3. The molecule has 0 bridgehead atoms. The summed E-state index contributed by atoms with van der Waals surface area (Å²) in [6, 6.07) is 10.0. The third-order valence-electron chi connectivity index (χ3n) is 1.39. The molecule has 5 heteroatoms. The lowest BCUT2D eigenvalue weighted by Gasteiger charge is -1.93. The molecule has 0 amide bonds. The van der Waals surface area contributed by atoms with Crippen LogP contribution in [0.2, 0.25) is 0 Å². The number of benzene rings is 1. The Bertz CT molecular complexity index is 387. The number of nitrogens with zero attached hydrogens (tertiary/aromatic N) is 2. The highest BCUT2D eigenvalue weighted by molar-refractivity contribution is 9.10. The van der Waals surface area contributed by atoms with E-state index in [1.165, 1.54) is 11.8 Å². The van der Waals surface area contributed by atoms with Crippen LogP contribution in [0.15, 0.2) is 45.1 Å². The summed E-state index contributed by atoms with van der Waals surface area (Å²) in [6.07, 6.45) is 0. The monoisotopic (exact) mass is 255 g/mol. The number of hydrogen-bond donors (Lipinski definition) is 1. The maximum Gasteiger partial charge on any atom is 0.214 e. The molecule has 1 N–H and O–H groups in total. The molecule has 0 spiro atoms. The van der Waals surface area contributed by atoms with Crippen molar-refractivity contribution in [1.82, 2.24) is 15.2 Å². The largest absolute Gasteiger partial charge is 0.253 e. The van der Waals surface area contributed by atoms with E-state index < -0.39 is 0 Å². The molecule has 66 valence electrons. The third-order valence-corrected chi connectivity index (χ3v) is 2.62. The van der Waals surface area contributed by atoms with Crippen molar-refractivity contribution in [3.05, 3.63) is 35.1 Å². The molecule has 13 heavy (non-hydrogen) atoms. The summed E-state index contributed by atoms with van der Waals surface area (Å²) in [7, 11) is 0. The van der Waals surface area contributed by atoms with Gasteiger partial charge in [-0.1, -0.05) is 18.2 Å². The van der Waals surface area contributed by atoms with Crippen LogP contribution in [0.25, 0.3) is 0 Å². The Hall–Kier alpha value is -0.810. The van der Waals surface area contributed by atoms with Crippen LogP contribution in [-0.2, 0) is 0 Å². The first-order chi connectivity index (χ1) is 6.34. The summed E-state index contributed by atoms with van der Waals surface area (Å²) in [5, 5.41) is 7.44. The Balaban J connectivity index is 2.15. The maximum atomic E-state index is 4.12. The second kappa shape index (κ2) is 3.93. The van der Waals surface area contributed by atoms with E-state index in [0.717, 1.165) is 10.1 Å². The fraction of sp³-hybridized carbons (Fsp3) is 0. The van der Waals surface area contributed by atoms with Crippen LogP contribution in [0, 0.1) is 0 Å². The predicted octanol–water partition coefficient (Wildman–Crippen LogP) is 2.72.